The van der Waals surface area contributed by atoms with Gasteiger partial charge in [-0.05, 0) is 36.4 Å². The molecule has 1 aliphatic heterocycles. The minimum absolute atomic E-state index is 0.0666. The topological polar surface area (TPSA) is 101 Å². The molecule has 2 aromatic heterocycles. The van der Waals surface area contributed by atoms with Crippen LogP contribution in [0.5, 0.6) is 0 Å². The number of nitrogens with zero attached hydrogens (tertiary/aromatic N) is 4. The maximum Gasteiger partial charge on any atom is 0.253 e. The lowest BCUT2D eigenvalue weighted by Crippen LogP contribution is -2.61. The molecule has 5 rings (SSSR count). The molecule has 2 aromatic carbocycles. The number of carbonyl (C=O) groups is 3. The van der Waals surface area contributed by atoms with Gasteiger partial charge in [0.2, 0.25) is 11.8 Å². The van der Waals surface area contributed by atoms with E-state index < -0.39 is 0 Å². The lowest BCUT2D eigenvalue weighted by atomic mass is 10.1. The highest BCUT2D eigenvalue weighted by Gasteiger charge is 2.30. The van der Waals surface area contributed by atoms with Gasteiger partial charge in [-0.2, -0.15) is 0 Å². The number of amides is 3. The largest absolute Gasteiger partial charge is 0.352 e. The highest BCUT2D eigenvalue weighted by atomic mass is 79.9. The summed E-state index contributed by atoms with van der Waals surface area (Å²) in [6.45, 7) is 4.91. The van der Waals surface area contributed by atoms with E-state index in [1.165, 1.54) is 6.08 Å². The highest BCUT2D eigenvalue weighted by Crippen LogP contribution is 2.25. The van der Waals surface area contributed by atoms with Gasteiger partial charge in [0.15, 0.2) is 0 Å². The molecule has 1 fully saturated rings. The molecule has 190 valence electrons. The van der Waals surface area contributed by atoms with Crippen LogP contribution in [0.1, 0.15) is 16.2 Å². The quantitative estimate of drug-likeness (QED) is 0.322. The summed E-state index contributed by atoms with van der Waals surface area (Å²) in [4.78, 5) is 43.8. The van der Waals surface area contributed by atoms with Crippen molar-refractivity contribution in [3.05, 3.63) is 77.2 Å². The number of aryl methyl sites for hydroxylation is 1. The molecule has 3 heterocycles. The van der Waals surface area contributed by atoms with E-state index in [-0.39, 0.29) is 30.3 Å². The van der Waals surface area contributed by atoms with Crippen LogP contribution in [-0.4, -0.2) is 62.4 Å². The molecule has 0 bridgehead atoms. The smallest absolute Gasteiger partial charge is 0.253 e. The Balaban J connectivity index is 1.26. The molecule has 1 aliphatic rings. The van der Waals surface area contributed by atoms with E-state index in [4.69, 9.17) is 0 Å². The highest BCUT2D eigenvalue weighted by molar-refractivity contribution is 9.10. The number of rotatable bonds is 8. The number of fused-ring (bicyclic) bond motifs is 2. The predicted molar refractivity (Wildman–Crippen MR) is 145 cm³/mol. The average Bonchev–Trinajstić information content (AvgIpc) is 3.37. The molecule has 3 amide bonds. The second-order valence-corrected chi connectivity index (χ2v) is 10.0. The first kappa shape index (κ1) is 24.8. The second kappa shape index (κ2) is 10.2. The van der Waals surface area contributed by atoms with Crippen molar-refractivity contribution >= 4 is 55.6 Å². The van der Waals surface area contributed by atoms with Crippen LogP contribution in [0.15, 0.2) is 65.8 Å². The summed E-state index contributed by atoms with van der Waals surface area (Å²) >= 11 is 3.49. The lowest BCUT2D eigenvalue weighted by Gasteiger charge is -2.38. The van der Waals surface area contributed by atoms with Gasteiger partial charge in [0.05, 0.1) is 22.6 Å². The van der Waals surface area contributed by atoms with E-state index in [9.17, 15) is 14.4 Å². The fourth-order valence-corrected chi connectivity index (χ4v) is 5.05. The van der Waals surface area contributed by atoms with Crippen LogP contribution in [0.25, 0.3) is 21.9 Å². The Morgan fingerprint density at radius 2 is 1.95 bits per heavy atom. The van der Waals surface area contributed by atoms with Gasteiger partial charge in [0, 0.05) is 54.7 Å². The number of halogens is 1. The number of hydrogen-bond donors (Lipinski definition) is 2. The van der Waals surface area contributed by atoms with Crippen molar-refractivity contribution in [2.24, 2.45) is 7.05 Å². The molecule has 0 atom stereocenters. The summed E-state index contributed by atoms with van der Waals surface area (Å²) in [6, 6.07) is 13.5. The number of carbonyl (C=O) groups excluding carboxylic acids is 3. The number of likely N-dealkylation sites (tertiary alicyclic amines) is 1. The van der Waals surface area contributed by atoms with Gasteiger partial charge in [-0.25, -0.2) is 4.98 Å². The monoisotopic (exact) mass is 562 g/mol. The Hall–Kier alpha value is -3.92. The van der Waals surface area contributed by atoms with Crippen molar-refractivity contribution < 1.29 is 14.4 Å². The molecule has 0 aliphatic carbocycles. The maximum atomic E-state index is 13.2. The van der Waals surface area contributed by atoms with Gasteiger partial charge in [-0.3, -0.25) is 14.4 Å². The zero-order valence-corrected chi connectivity index (χ0v) is 22.0. The third kappa shape index (κ3) is 5.01. The molecule has 0 unspecified atom stereocenters. The Kier molecular flexibility index (Phi) is 6.84. The van der Waals surface area contributed by atoms with Crippen molar-refractivity contribution in [2.45, 2.75) is 19.0 Å². The van der Waals surface area contributed by atoms with E-state index in [1.54, 1.807) is 15.7 Å². The first-order valence-electron chi connectivity index (χ1n) is 12.0. The Morgan fingerprint density at radius 1 is 1.16 bits per heavy atom. The van der Waals surface area contributed by atoms with Crippen LogP contribution in [-0.2, 0) is 29.6 Å². The molecule has 0 spiro atoms. The molecule has 0 radical (unpaired) electrons. The minimum Gasteiger partial charge on any atom is -0.352 e. The van der Waals surface area contributed by atoms with Crippen LogP contribution in [0.4, 0.5) is 0 Å². The molecule has 1 saturated heterocycles. The maximum absolute atomic E-state index is 13.2. The summed E-state index contributed by atoms with van der Waals surface area (Å²) in [7, 11) is 1.97. The van der Waals surface area contributed by atoms with E-state index in [0.29, 0.717) is 31.6 Å². The van der Waals surface area contributed by atoms with E-state index in [2.05, 4.69) is 38.1 Å². The number of nitrogens with one attached hydrogen (secondary N) is 2. The van der Waals surface area contributed by atoms with Crippen molar-refractivity contribution in [1.82, 2.24) is 29.7 Å². The Bertz CT molecular complexity index is 1530. The van der Waals surface area contributed by atoms with Crippen LogP contribution in [0, 0.1) is 0 Å². The number of aromatic nitrogens is 3. The number of hydrogen-bond acceptors (Lipinski definition) is 4. The van der Waals surface area contributed by atoms with Gasteiger partial charge in [-0.15, -0.1) is 0 Å². The summed E-state index contributed by atoms with van der Waals surface area (Å²) in [5.74, 6) is 0.370. The van der Waals surface area contributed by atoms with Crippen LogP contribution >= 0.6 is 15.9 Å². The fourth-order valence-electron chi connectivity index (χ4n) is 4.69. The molecular formula is C27H27BrN6O3. The lowest BCUT2D eigenvalue weighted by molar-refractivity contribution is -0.133. The fraction of sp³-hybridized carbons (Fsp3) is 0.259. The van der Waals surface area contributed by atoms with Gasteiger partial charge in [0.25, 0.3) is 5.91 Å². The van der Waals surface area contributed by atoms with E-state index in [1.807, 2.05) is 54.1 Å². The summed E-state index contributed by atoms with van der Waals surface area (Å²) in [5, 5.41) is 6.71. The van der Waals surface area contributed by atoms with Crippen LogP contribution < -0.4 is 10.6 Å². The van der Waals surface area contributed by atoms with Gasteiger partial charge >= 0.3 is 0 Å². The Morgan fingerprint density at radius 3 is 2.70 bits per heavy atom. The summed E-state index contributed by atoms with van der Waals surface area (Å²) < 4.78 is 4.66. The minimum atomic E-state index is -0.210. The standard InChI is InChI=1S/C27H27BrN6O3/c1-3-26(36)34-13-18(14-34)30-25(35)16-33-15-20(19-12-17(28)8-9-22(19)33)27(37)29-11-10-24-31-21-6-4-5-7-23(21)32(24)2/h3-9,12,15,18H,1,10-11,13-14,16H2,2H3,(H,29,37)(H,30,35). The molecule has 4 aromatic rings. The molecule has 2 N–H and O–H groups in total. The van der Waals surface area contributed by atoms with Gasteiger partial charge in [-0.1, -0.05) is 34.6 Å². The number of imidazole rings is 1. The second-order valence-electron chi connectivity index (χ2n) is 9.13. The first-order valence-corrected chi connectivity index (χ1v) is 12.8. The zero-order valence-electron chi connectivity index (χ0n) is 20.4. The third-order valence-corrected chi connectivity index (χ3v) is 7.14. The first-order chi connectivity index (χ1) is 17.8. The summed E-state index contributed by atoms with van der Waals surface area (Å²) in [5.41, 5.74) is 3.27. The normalized spacial score (nSPS) is 13.5. The third-order valence-electron chi connectivity index (χ3n) is 6.65. The molecule has 0 saturated carbocycles. The molecular weight excluding hydrogens is 536 g/mol. The van der Waals surface area contributed by atoms with Crippen LogP contribution in [0.3, 0.4) is 0 Å². The van der Waals surface area contributed by atoms with Crippen molar-refractivity contribution in [2.75, 3.05) is 19.6 Å². The Labute approximate surface area is 222 Å². The molecule has 9 nitrogen and oxygen atoms in total. The number of para-hydroxylation sites is 2. The SMILES string of the molecule is C=CC(=O)N1CC(NC(=O)Cn2cc(C(=O)NCCc3nc4ccccc4n3C)c3cc(Br)ccc32)C1. The predicted octanol–water partition coefficient (Wildman–Crippen LogP) is 2.78. The van der Waals surface area contributed by atoms with Crippen molar-refractivity contribution in [3.63, 3.8) is 0 Å². The molecule has 10 heteroatoms. The molecule has 37 heavy (non-hydrogen) atoms. The van der Waals surface area contributed by atoms with Gasteiger partial charge in [0.1, 0.15) is 12.4 Å². The average molecular weight is 563 g/mol. The van der Waals surface area contributed by atoms with Crippen LogP contribution in [0.2, 0.25) is 0 Å². The van der Waals surface area contributed by atoms with Crippen molar-refractivity contribution in [3.8, 4) is 0 Å². The number of benzene rings is 2. The summed E-state index contributed by atoms with van der Waals surface area (Å²) in [6.07, 6.45) is 3.58. The van der Waals surface area contributed by atoms with Gasteiger partial charge < -0.3 is 24.7 Å². The van der Waals surface area contributed by atoms with E-state index in [0.717, 1.165) is 32.2 Å². The zero-order chi connectivity index (χ0) is 26.1. The van der Waals surface area contributed by atoms with E-state index >= 15 is 0 Å². The van der Waals surface area contributed by atoms with Crippen molar-refractivity contribution in [1.29, 1.82) is 0 Å².